The van der Waals surface area contributed by atoms with Gasteiger partial charge in [0.2, 0.25) is 0 Å². The summed E-state index contributed by atoms with van der Waals surface area (Å²) in [6.45, 7) is 1.16. The number of likely N-dealkylation sites (tertiary alicyclic amines) is 1. The van der Waals surface area contributed by atoms with Crippen LogP contribution in [0.2, 0.25) is 0 Å². The molecule has 10 heavy (non-hydrogen) atoms. The van der Waals surface area contributed by atoms with Crippen molar-refractivity contribution in [3.8, 4) is 0 Å². The van der Waals surface area contributed by atoms with Gasteiger partial charge in [-0.05, 0) is 6.42 Å². The van der Waals surface area contributed by atoms with Gasteiger partial charge in [0.25, 0.3) is 0 Å². The Hall–Kier alpha value is 1.05. The molecule has 0 bridgehead atoms. The van der Waals surface area contributed by atoms with Crippen LogP contribution in [0, 0.1) is 0 Å². The van der Waals surface area contributed by atoms with Gasteiger partial charge in [0, 0.05) is 6.54 Å². The number of thiol groups is 1. The molecule has 0 aromatic carbocycles. The summed E-state index contributed by atoms with van der Waals surface area (Å²) in [7, 11) is 0. The van der Waals surface area contributed by atoms with Crippen molar-refractivity contribution in [2.45, 2.75) is 12.6 Å². The molecule has 1 aliphatic heterocycles. The Bertz CT molecular complexity index is 133. The van der Waals surface area contributed by atoms with Gasteiger partial charge in [0.15, 0.2) is 0 Å². The summed E-state index contributed by atoms with van der Waals surface area (Å²) in [5.41, 5.74) is 0. The molecule has 0 saturated carbocycles. The van der Waals surface area contributed by atoms with Gasteiger partial charge in [-0.25, -0.2) is 4.39 Å². The summed E-state index contributed by atoms with van der Waals surface area (Å²) < 4.78 is 12.9. The normalized spacial score (nSPS) is 24.2. The second kappa shape index (κ2) is 4.84. The number of thiocarbonyl (C=S) groups is 1. The molecule has 0 aromatic rings. The summed E-state index contributed by atoms with van der Waals surface area (Å²) >= 11 is 8.66. The van der Waals surface area contributed by atoms with Crippen LogP contribution in [0.3, 0.4) is 0 Å². The van der Waals surface area contributed by atoms with Gasteiger partial charge >= 0.3 is 26.2 Å². The molecule has 1 fully saturated rings. The fourth-order valence-electron chi connectivity index (χ4n) is 0.891. The van der Waals surface area contributed by atoms with Crippen molar-refractivity contribution >= 4 is 55.4 Å². The maximum absolute atomic E-state index is 12.4. The third-order valence-electron chi connectivity index (χ3n) is 1.40. The van der Waals surface area contributed by atoms with Crippen LogP contribution in [-0.4, -0.2) is 54.7 Å². The molecule has 60 valence electrons. The van der Waals surface area contributed by atoms with Crippen molar-refractivity contribution < 1.29 is 4.39 Å². The van der Waals surface area contributed by atoms with Crippen LogP contribution in [-0.2, 0) is 0 Å². The molecule has 0 amide bonds. The first kappa shape index (κ1) is 11.1. The Morgan fingerprint density at radius 3 is 2.50 bits per heavy atom. The SMILES string of the molecule is F[C@@H]1CCN(C(=S)S)C1.[BiH3]. The number of alkyl halides is 1. The van der Waals surface area contributed by atoms with Gasteiger partial charge < -0.3 is 4.90 Å². The zero-order valence-corrected chi connectivity index (χ0v) is 12.8. The van der Waals surface area contributed by atoms with Crippen molar-refractivity contribution in [2.75, 3.05) is 13.1 Å². The molecule has 1 heterocycles. The molecule has 1 aliphatic rings. The van der Waals surface area contributed by atoms with E-state index in [4.69, 9.17) is 12.2 Å². The van der Waals surface area contributed by atoms with Crippen LogP contribution in [0.1, 0.15) is 6.42 Å². The van der Waals surface area contributed by atoms with Crippen LogP contribution in [0.15, 0.2) is 0 Å². The number of hydrogen-bond donors (Lipinski definition) is 1. The van der Waals surface area contributed by atoms with Crippen LogP contribution in [0.5, 0.6) is 0 Å². The monoisotopic (exact) mass is 377 g/mol. The summed E-state index contributed by atoms with van der Waals surface area (Å²) in [6, 6.07) is 0. The van der Waals surface area contributed by atoms with Crippen molar-refractivity contribution in [1.82, 2.24) is 4.90 Å². The second-order valence-corrected chi connectivity index (χ2v) is 3.23. The summed E-state index contributed by atoms with van der Waals surface area (Å²) in [5, 5.41) is 0. The molecule has 0 N–H and O–H groups in total. The van der Waals surface area contributed by atoms with E-state index in [0.29, 0.717) is 17.3 Å². The maximum atomic E-state index is 12.4. The van der Waals surface area contributed by atoms with E-state index in [1.165, 1.54) is 0 Å². The number of nitrogens with zero attached hydrogens (tertiary/aromatic N) is 1. The van der Waals surface area contributed by atoms with E-state index in [2.05, 4.69) is 12.6 Å². The Balaban J connectivity index is 0.000000810. The molecular weight excluding hydrogens is 366 g/mol. The molecule has 1 rings (SSSR count). The first-order valence-electron chi connectivity index (χ1n) is 2.82. The van der Waals surface area contributed by atoms with E-state index < -0.39 is 6.17 Å². The fourth-order valence-corrected chi connectivity index (χ4v) is 1.24. The zero-order valence-electron chi connectivity index (χ0n) is 5.59. The van der Waals surface area contributed by atoms with E-state index in [1.54, 1.807) is 4.90 Å². The van der Waals surface area contributed by atoms with Crippen LogP contribution in [0.25, 0.3) is 0 Å². The van der Waals surface area contributed by atoms with E-state index in [-0.39, 0.29) is 26.2 Å². The molecule has 1 atom stereocenters. The summed E-state index contributed by atoms with van der Waals surface area (Å²) in [4.78, 5) is 1.77. The van der Waals surface area contributed by atoms with Gasteiger partial charge in [-0.2, -0.15) is 0 Å². The molecule has 1 saturated heterocycles. The molecule has 5 heteroatoms. The van der Waals surface area contributed by atoms with Crippen LogP contribution < -0.4 is 0 Å². The topological polar surface area (TPSA) is 3.24 Å². The van der Waals surface area contributed by atoms with Crippen LogP contribution in [0.4, 0.5) is 4.39 Å². The second-order valence-electron chi connectivity index (χ2n) is 2.11. The van der Waals surface area contributed by atoms with Crippen molar-refractivity contribution in [1.29, 1.82) is 0 Å². The van der Waals surface area contributed by atoms with Gasteiger partial charge in [0.05, 0.1) is 6.54 Å². The Morgan fingerprint density at radius 2 is 2.30 bits per heavy atom. The van der Waals surface area contributed by atoms with E-state index in [0.717, 1.165) is 6.54 Å². The summed E-state index contributed by atoms with van der Waals surface area (Å²) in [5.74, 6) is 0. The quantitative estimate of drug-likeness (QED) is 0.362. The predicted octanol–water partition coefficient (Wildman–Crippen LogP) is 0.0610. The van der Waals surface area contributed by atoms with Crippen LogP contribution >= 0.6 is 24.8 Å². The Labute approximate surface area is 89.9 Å². The predicted molar refractivity (Wildman–Crippen MR) is 52.6 cm³/mol. The van der Waals surface area contributed by atoms with Gasteiger partial charge in [-0.1, -0.05) is 12.2 Å². The first-order chi connectivity index (χ1) is 4.20. The minimum atomic E-state index is -0.699. The van der Waals surface area contributed by atoms with E-state index in [1.807, 2.05) is 0 Å². The fraction of sp³-hybridized carbons (Fsp3) is 0.800. The molecular formula is C5H11BiFNS2. The summed E-state index contributed by atoms with van der Waals surface area (Å²) in [6.07, 6.45) is -0.101. The Morgan fingerprint density at radius 1 is 1.70 bits per heavy atom. The van der Waals surface area contributed by atoms with Crippen molar-refractivity contribution in [3.63, 3.8) is 0 Å². The molecule has 0 aliphatic carbocycles. The molecule has 0 aromatic heterocycles. The van der Waals surface area contributed by atoms with E-state index in [9.17, 15) is 4.39 Å². The van der Waals surface area contributed by atoms with Gasteiger partial charge in [0.1, 0.15) is 10.5 Å². The number of hydrogen-bond acceptors (Lipinski definition) is 1. The standard InChI is InChI=1S/C5H8FNS2.Bi.3H/c6-4-1-2-7(3-4)5(8)9;;;;/h4H,1-3H2,(H,8,9);;;;/t4-;;;;/m1..../s1. The van der Waals surface area contributed by atoms with Crippen molar-refractivity contribution in [2.24, 2.45) is 0 Å². The van der Waals surface area contributed by atoms with Gasteiger partial charge in [-0.3, -0.25) is 0 Å². The number of halogens is 1. The molecule has 0 radical (unpaired) electrons. The zero-order chi connectivity index (χ0) is 6.85. The molecule has 0 spiro atoms. The number of rotatable bonds is 0. The first-order valence-corrected chi connectivity index (χ1v) is 3.67. The third-order valence-corrected chi connectivity index (χ3v) is 1.94. The third kappa shape index (κ3) is 2.97. The Kier molecular flexibility index (Phi) is 5.35. The van der Waals surface area contributed by atoms with Gasteiger partial charge in [-0.15, -0.1) is 12.6 Å². The average Bonchev–Trinajstić information content (AvgIpc) is 2.14. The van der Waals surface area contributed by atoms with E-state index >= 15 is 0 Å². The minimum absolute atomic E-state index is 0. The van der Waals surface area contributed by atoms with Crippen molar-refractivity contribution in [3.05, 3.63) is 0 Å². The average molecular weight is 377 g/mol. The molecule has 1 nitrogen and oxygen atoms in total. The molecule has 0 unspecified atom stereocenters.